The highest BCUT2D eigenvalue weighted by Crippen LogP contribution is 2.23. The highest BCUT2D eigenvalue weighted by atomic mass is 16.5. The van der Waals surface area contributed by atoms with Gasteiger partial charge in [-0.25, -0.2) is 4.99 Å². The van der Waals surface area contributed by atoms with Crippen molar-refractivity contribution in [2.75, 3.05) is 7.11 Å². The van der Waals surface area contributed by atoms with Gasteiger partial charge in [0.25, 0.3) is 0 Å². The molecule has 0 amide bonds. The Morgan fingerprint density at radius 2 is 1.86 bits per heavy atom. The largest absolute Gasteiger partial charge is 0.497 e. The summed E-state index contributed by atoms with van der Waals surface area (Å²) >= 11 is 0. The van der Waals surface area contributed by atoms with E-state index in [1.54, 1.807) is 7.11 Å². The van der Waals surface area contributed by atoms with E-state index < -0.39 is 0 Å². The van der Waals surface area contributed by atoms with Gasteiger partial charge in [-0.2, -0.15) is 0 Å². The van der Waals surface area contributed by atoms with Crippen LogP contribution in [0.3, 0.4) is 0 Å². The maximum Gasteiger partial charge on any atom is 0.217 e. The maximum atomic E-state index is 5.93. The van der Waals surface area contributed by atoms with Gasteiger partial charge in [-0.3, -0.25) is 0 Å². The lowest BCUT2D eigenvalue weighted by atomic mass is 10.0. The van der Waals surface area contributed by atoms with E-state index in [9.17, 15) is 0 Å². The van der Waals surface area contributed by atoms with Gasteiger partial charge in [0.2, 0.25) is 5.90 Å². The molecular weight excluding hydrogens is 274 g/mol. The lowest BCUT2D eigenvalue weighted by molar-refractivity contribution is 0.241. The summed E-state index contributed by atoms with van der Waals surface area (Å²) in [5, 5.41) is 0. The van der Waals surface area contributed by atoms with Gasteiger partial charge in [-0.05, 0) is 42.3 Å². The quantitative estimate of drug-likeness (QED) is 0.788. The van der Waals surface area contributed by atoms with Gasteiger partial charge in [0.1, 0.15) is 11.9 Å². The molecule has 0 saturated carbocycles. The first-order valence-electron chi connectivity index (χ1n) is 7.35. The van der Waals surface area contributed by atoms with Crippen molar-refractivity contribution in [3.8, 4) is 5.75 Å². The van der Waals surface area contributed by atoms with E-state index in [0.717, 1.165) is 17.7 Å². The van der Waals surface area contributed by atoms with Crippen molar-refractivity contribution in [1.29, 1.82) is 0 Å². The van der Waals surface area contributed by atoms with Gasteiger partial charge in [-0.15, -0.1) is 0 Å². The van der Waals surface area contributed by atoms with E-state index in [-0.39, 0.29) is 12.1 Å². The van der Waals surface area contributed by atoms with Gasteiger partial charge in [0, 0.05) is 5.56 Å². The molecular formula is C19H19NO2. The minimum Gasteiger partial charge on any atom is -0.497 e. The Hall–Kier alpha value is -2.55. The second-order valence-electron chi connectivity index (χ2n) is 5.24. The first-order chi connectivity index (χ1) is 10.8. The average molecular weight is 293 g/mol. The molecule has 1 aliphatic heterocycles. The van der Waals surface area contributed by atoms with Crippen LogP contribution in [0.2, 0.25) is 0 Å². The third-order valence-corrected chi connectivity index (χ3v) is 3.77. The van der Waals surface area contributed by atoms with Crippen LogP contribution in [0.15, 0.2) is 72.2 Å². The molecule has 3 nitrogen and oxygen atoms in total. The monoisotopic (exact) mass is 293 g/mol. The van der Waals surface area contributed by atoms with Crippen molar-refractivity contribution in [2.24, 2.45) is 4.99 Å². The molecule has 22 heavy (non-hydrogen) atoms. The zero-order valence-electron chi connectivity index (χ0n) is 12.6. The molecule has 1 heterocycles. The van der Waals surface area contributed by atoms with Crippen molar-refractivity contribution in [3.05, 3.63) is 78.4 Å². The summed E-state index contributed by atoms with van der Waals surface area (Å²) in [5.74, 6) is 1.56. The molecule has 0 N–H and O–H groups in total. The summed E-state index contributed by atoms with van der Waals surface area (Å²) < 4.78 is 11.1. The number of aliphatic imine (C=N–C) groups is 1. The molecule has 2 aromatic carbocycles. The van der Waals surface area contributed by atoms with Crippen LogP contribution < -0.4 is 4.74 Å². The van der Waals surface area contributed by atoms with E-state index >= 15 is 0 Å². The number of hydrogen-bond acceptors (Lipinski definition) is 3. The molecule has 0 aliphatic carbocycles. The smallest absolute Gasteiger partial charge is 0.217 e. The third-order valence-electron chi connectivity index (χ3n) is 3.77. The molecule has 0 aromatic heterocycles. The van der Waals surface area contributed by atoms with Crippen LogP contribution in [0.25, 0.3) is 0 Å². The van der Waals surface area contributed by atoms with Gasteiger partial charge in [-0.1, -0.05) is 36.9 Å². The zero-order valence-corrected chi connectivity index (χ0v) is 12.6. The lowest BCUT2D eigenvalue weighted by Gasteiger charge is -2.13. The number of rotatable bonds is 5. The average Bonchev–Trinajstić information content (AvgIpc) is 2.99. The predicted molar refractivity (Wildman–Crippen MR) is 88.5 cm³/mol. The molecule has 0 spiro atoms. The summed E-state index contributed by atoms with van der Waals surface area (Å²) in [6.45, 7) is 3.87. The summed E-state index contributed by atoms with van der Waals surface area (Å²) in [4.78, 5) is 4.74. The van der Waals surface area contributed by atoms with Crippen molar-refractivity contribution >= 4 is 5.90 Å². The molecule has 0 unspecified atom stereocenters. The number of nitrogens with zero attached hydrogens (tertiary/aromatic N) is 1. The maximum absolute atomic E-state index is 5.93. The van der Waals surface area contributed by atoms with Gasteiger partial charge in [0.15, 0.2) is 0 Å². The standard InChI is InChI=1S/C19H19NO2/c1-3-18-17(13-14-9-11-16(21-2)12-10-14)20-19(22-18)15-7-5-4-6-8-15/h3-12,17-18H,1,13H2,2H3/t17-,18-/m1/s1. The van der Waals surface area contributed by atoms with E-state index in [2.05, 4.69) is 18.7 Å². The van der Waals surface area contributed by atoms with Crippen LogP contribution in [-0.4, -0.2) is 25.2 Å². The van der Waals surface area contributed by atoms with Crippen molar-refractivity contribution in [2.45, 2.75) is 18.6 Å². The highest BCUT2D eigenvalue weighted by Gasteiger charge is 2.29. The van der Waals surface area contributed by atoms with Crippen LogP contribution in [0.5, 0.6) is 5.75 Å². The second kappa shape index (κ2) is 6.48. The van der Waals surface area contributed by atoms with E-state index in [1.807, 2.05) is 48.5 Å². The van der Waals surface area contributed by atoms with Gasteiger partial charge < -0.3 is 9.47 Å². The molecule has 112 valence electrons. The van der Waals surface area contributed by atoms with Gasteiger partial charge >= 0.3 is 0 Å². The summed E-state index contributed by atoms with van der Waals surface area (Å²) in [5.41, 5.74) is 2.21. The Morgan fingerprint density at radius 1 is 1.14 bits per heavy atom. The zero-order chi connectivity index (χ0) is 15.4. The minimum absolute atomic E-state index is 0.0566. The number of hydrogen-bond donors (Lipinski definition) is 0. The third kappa shape index (κ3) is 3.03. The van der Waals surface area contributed by atoms with E-state index in [4.69, 9.17) is 14.5 Å². The predicted octanol–water partition coefficient (Wildman–Crippen LogP) is 3.64. The SMILES string of the molecule is C=C[C@H]1OC(c2ccccc2)=N[C@@H]1Cc1ccc(OC)cc1. The Balaban J connectivity index is 1.78. The Kier molecular flexibility index (Phi) is 4.24. The van der Waals surface area contributed by atoms with E-state index in [1.165, 1.54) is 5.56 Å². The molecule has 0 fully saturated rings. The first kappa shape index (κ1) is 14.4. The fourth-order valence-corrected chi connectivity index (χ4v) is 2.56. The summed E-state index contributed by atoms with van der Waals surface area (Å²) in [7, 11) is 1.67. The molecule has 0 bridgehead atoms. The molecule has 0 radical (unpaired) electrons. The summed E-state index contributed by atoms with van der Waals surface area (Å²) in [6, 6.07) is 18.1. The molecule has 2 atom stereocenters. The first-order valence-corrected chi connectivity index (χ1v) is 7.35. The Morgan fingerprint density at radius 3 is 2.50 bits per heavy atom. The van der Waals surface area contributed by atoms with Crippen LogP contribution >= 0.6 is 0 Å². The Bertz CT molecular complexity index is 662. The number of ether oxygens (including phenoxy) is 2. The fourth-order valence-electron chi connectivity index (χ4n) is 2.56. The molecule has 3 rings (SSSR count). The second-order valence-corrected chi connectivity index (χ2v) is 5.24. The Labute approximate surface area is 130 Å². The normalized spacial score (nSPS) is 20.1. The molecule has 2 aromatic rings. The lowest BCUT2D eigenvalue weighted by Crippen LogP contribution is -2.22. The van der Waals surface area contributed by atoms with Gasteiger partial charge in [0.05, 0.1) is 13.2 Å². The summed E-state index contributed by atoms with van der Waals surface area (Å²) in [6.07, 6.45) is 2.56. The van der Waals surface area contributed by atoms with Crippen LogP contribution in [0, 0.1) is 0 Å². The topological polar surface area (TPSA) is 30.8 Å². The number of methoxy groups -OCH3 is 1. The minimum atomic E-state index is -0.0858. The molecule has 1 aliphatic rings. The van der Waals surface area contributed by atoms with E-state index in [0.29, 0.717) is 5.90 Å². The molecule has 0 saturated heterocycles. The highest BCUT2D eigenvalue weighted by molar-refractivity contribution is 5.95. The molecule has 3 heteroatoms. The number of benzene rings is 2. The van der Waals surface area contributed by atoms with Crippen LogP contribution in [-0.2, 0) is 11.2 Å². The fraction of sp³-hybridized carbons (Fsp3) is 0.211. The van der Waals surface area contributed by atoms with Crippen molar-refractivity contribution in [1.82, 2.24) is 0 Å². The van der Waals surface area contributed by atoms with Crippen LogP contribution in [0.4, 0.5) is 0 Å². The van der Waals surface area contributed by atoms with Crippen molar-refractivity contribution < 1.29 is 9.47 Å². The van der Waals surface area contributed by atoms with Crippen molar-refractivity contribution in [3.63, 3.8) is 0 Å². The van der Waals surface area contributed by atoms with Crippen LogP contribution in [0.1, 0.15) is 11.1 Å².